The van der Waals surface area contributed by atoms with Crippen molar-refractivity contribution < 1.29 is 22.7 Å². The first-order valence-corrected chi connectivity index (χ1v) is 12.1. The van der Waals surface area contributed by atoms with Crippen LogP contribution in [0, 0.1) is 0 Å². The normalized spacial score (nSPS) is 15.5. The number of rotatable bonds is 11. The third kappa shape index (κ3) is 6.26. The van der Waals surface area contributed by atoms with Crippen LogP contribution < -0.4 is 15.4 Å². The molecule has 1 aromatic carbocycles. The number of hydrogen-bond donors (Lipinski definition) is 3. The largest absolute Gasteiger partial charge is 0.481 e. The van der Waals surface area contributed by atoms with Crippen molar-refractivity contribution in [3.05, 3.63) is 47.7 Å². The first kappa shape index (κ1) is 25.7. The Hall–Kier alpha value is -3.34. The van der Waals surface area contributed by atoms with Crippen LogP contribution in [0.4, 0.5) is 19.0 Å². The van der Waals surface area contributed by atoms with Crippen molar-refractivity contribution in [1.29, 1.82) is 0 Å². The van der Waals surface area contributed by atoms with Crippen molar-refractivity contribution in [3.8, 4) is 5.88 Å². The molecule has 194 valence electrons. The van der Waals surface area contributed by atoms with E-state index in [1.54, 1.807) is 7.11 Å². The van der Waals surface area contributed by atoms with Crippen LogP contribution in [-0.2, 0) is 17.4 Å². The van der Waals surface area contributed by atoms with Crippen LogP contribution in [0.25, 0.3) is 10.9 Å². The summed E-state index contributed by atoms with van der Waals surface area (Å²) in [5.41, 5.74) is 0.894. The minimum atomic E-state index is -4.45. The van der Waals surface area contributed by atoms with E-state index in [9.17, 15) is 18.0 Å². The van der Waals surface area contributed by atoms with E-state index in [-0.39, 0.29) is 24.3 Å². The maximum Gasteiger partial charge on any atom is 0.416 e. The monoisotopic (exact) mass is 504 g/mol. The standard InChI is InChI=1S/C25H31F3N6O2/c1-3-19(6-4-5-16-7-10-23(36-2)29-12-16)34-14-18(15-34)31-22(35)13-30-24-20-11-17(25(26,27)28)8-9-21(20)32-33-24/h7-12,18-19H,3-6,13-15H2,1-2H3,(H,31,35)(H2,30,32,33)/t19-/m0/s1. The third-order valence-electron chi connectivity index (χ3n) is 6.58. The van der Waals surface area contributed by atoms with Gasteiger partial charge < -0.3 is 15.4 Å². The second kappa shape index (κ2) is 11.2. The van der Waals surface area contributed by atoms with Crippen LogP contribution in [-0.4, -0.2) is 64.8 Å². The molecule has 3 aromatic rings. The quantitative estimate of drug-likeness (QED) is 0.366. The lowest BCUT2D eigenvalue weighted by Crippen LogP contribution is -2.62. The second-order valence-electron chi connectivity index (χ2n) is 9.07. The van der Waals surface area contributed by atoms with E-state index in [1.165, 1.54) is 11.6 Å². The Morgan fingerprint density at radius 2 is 2.08 bits per heavy atom. The SMILES string of the molecule is CC[C@@H](CCCc1ccc(OC)nc1)N1CC(NC(=O)CNc2n[nH]c3ccc(C(F)(F)F)cc23)C1. The van der Waals surface area contributed by atoms with Gasteiger partial charge in [0.25, 0.3) is 0 Å². The molecule has 0 saturated carbocycles. The Kier molecular flexibility index (Phi) is 7.97. The summed E-state index contributed by atoms with van der Waals surface area (Å²) in [5, 5.41) is 12.8. The van der Waals surface area contributed by atoms with Crippen LogP contribution in [0.15, 0.2) is 36.5 Å². The maximum atomic E-state index is 13.0. The van der Waals surface area contributed by atoms with Crippen LogP contribution in [0.5, 0.6) is 5.88 Å². The van der Waals surface area contributed by atoms with Crippen molar-refractivity contribution in [2.24, 2.45) is 0 Å². The van der Waals surface area contributed by atoms with Gasteiger partial charge in [0.1, 0.15) is 0 Å². The Morgan fingerprint density at radius 1 is 1.28 bits per heavy atom. The minimum Gasteiger partial charge on any atom is -0.481 e. The molecule has 1 fully saturated rings. The van der Waals surface area contributed by atoms with Crippen molar-refractivity contribution in [2.75, 3.05) is 32.1 Å². The van der Waals surface area contributed by atoms with Gasteiger partial charge in [-0.2, -0.15) is 18.3 Å². The highest BCUT2D eigenvalue weighted by Crippen LogP contribution is 2.32. The number of carbonyl (C=O) groups is 1. The highest BCUT2D eigenvalue weighted by molar-refractivity contribution is 5.92. The predicted molar refractivity (Wildman–Crippen MR) is 131 cm³/mol. The summed E-state index contributed by atoms with van der Waals surface area (Å²) >= 11 is 0. The summed E-state index contributed by atoms with van der Waals surface area (Å²) in [6.07, 6.45) is 1.52. The van der Waals surface area contributed by atoms with Crippen LogP contribution in [0.1, 0.15) is 37.3 Å². The van der Waals surface area contributed by atoms with Crippen molar-refractivity contribution in [1.82, 2.24) is 25.4 Å². The highest BCUT2D eigenvalue weighted by atomic mass is 19.4. The van der Waals surface area contributed by atoms with Gasteiger partial charge in [0.05, 0.1) is 30.8 Å². The summed E-state index contributed by atoms with van der Waals surface area (Å²) in [7, 11) is 1.60. The lowest BCUT2D eigenvalue weighted by atomic mass is 9.98. The molecule has 3 N–H and O–H groups in total. The molecule has 0 unspecified atom stereocenters. The summed E-state index contributed by atoms with van der Waals surface area (Å²) in [4.78, 5) is 19.0. The van der Waals surface area contributed by atoms with E-state index < -0.39 is 11.7 Å². The van der Waals surface area contributed by atoms with Crippen molar-refractivity contribution in [3.63, 3.8) is 0 Å². The Labute approximate surface area is 207 Å². The number of benzene rings is 1. The number of carbonyl (C=O) groups excluding carboxylic acids is 1. The van der Waals surface area contributed by atoms with Gasteiger partial charge in [0, 0.05) is 36.8 Å². The number of methoxy groups -OCH3 is 1. The van der Waals surface area contributed by atoms with Crippen LogP contribution in [0.2, 0.25) is 0 Å². The highest BCUT2D eigenvalue weighted by Gasteiger charge is 2.32. The van der Waals surface area contributed by atoms with Gasteiger partial charge in [-0.05, 0) is 49.4 Å². The molecule has 2 aromatic heterocycles. The number of ether oxygens (including phenoxy) is 1. The second-order valence-corrected chi connectivity index (χ2v) is 9.07. The molecule has 1 aliphatic heterocycles. The third-order valence-corrected chi connectivity index (χ3v) is 6.58. The number of nitrogens with zero attached hydrogens (tertiary/aromatic N) is 3. The first-order chi connectivity index (χ1) is 17.3. The molecule has 4 rings (SSSR count). The molecule has 1 amide bonds. The zero-order chi connectivity index (χ0) is 25.7. The number of halogens is 3. The van der Waals surface area contributed by atoms with Gasteiger partial charge in [0.2, 0.25) is 11.8 Å². The predicted octanol–water partition coefficient (Wildman–Crippen LogP) is 4.00. The van der Waals surface area contributed by atoms with E-state index in [1.807, 2.05) is 18.3 Å². The fraction of sp³-hybridized carbons (Fsp3) is 0.480. The molecule has 3 heterocycles. The van der Waals surface area contributed by atoms with Gasteiger partial charge in [0.15, 0.2) is 5.82 Å². The van der Waals surface area contributed by atoms with Gasteiger partial charge in [-0.15, -0.1) is 0 Å². The number of amides is 1. The first-order valence-electron chi connectivity index (χ1n) is 12.1. The molecule has 1 atom stereocenters. The Morgan fingerprint density at radius 3 is 2.75 bits per heavy atom. The van der Waals surface area contributed by atoms with Gasteiger partial charge in [-0.3, -0.25) is 14.8 Å². The maximum absolute atomic E-state index is 13.0. The number of H-pyrrole nitrogens is 1. The number of alkyl halides is 3. The molecule has 11 heteroatoms. The lowest BCUT2D eigenvalue weighted by molar-refractivity contribution is -0.137. The molecule has 1 saturated heterocycles. The lowest BCUT2D eigenvalue weighted by Gasteiger charge is -2.44. The zero-order valence-corrected chi connectivity index (χ0v) is 20.4. The van der Waals surface area contributed by atoms with Gasteiger partial charge >= 0.3 is 6.18 Å². The van der Waals surface area contributed by atoms with Crippen LogP contribution >= 0.6 is 0 Å². The van der Waals surface area contributed by atoms with Crippen LogP contribution in [0.3, 0.4) is 0 Å². The number of nitrogens with one attached hydrogen (secondary N) is 3. The van der Waals surface area contributed by atoms with E-state index >= 15 is 0 Å². The summed E-state index contributed by atoms with van der Waals surface area (Å²) in [5.74, 6) is 0.616. The summed E-state index contributed by atoms with van der Waals surface area (Å²) < 4.78 is 44.1. The van der Waals surface area contributed by atoms with E-state index in [0.29, 0.717) is 22.8 Å². The van der Waals surface area contributed by atoms with Gasteiger partial charge in [-0.1, -0.05) is 13.0 Å². The fourth-order valence-corrected chi connectivity index (χ4v) is 4.54. The van der Waals surface area contributed by atoms with Crippen molar-refractivity contribution >= 4 is 22.6 Å². The number of hydrogen-bond acceptors (Lipinski definition) is 6. The molecule has 0 aliphatic carbocycles. The number of pyridine rings is 1. The molecule has 0 bridgehead atoms. The molecule has 1 aliphatic rings. The van der Waals surface area contributed by atoms with E-state index in [0.717, 1.165) is 50.9 Å². The molecular weight excluding hydrogens is 473 g/mol. The molecule has 0 radical (unpaired) electrons. The van der Waals surface area contributed by atoms with Crippen molar-refractivity contribution in [2.45, 2.75) is 50.9 Å². The molecule has 0 spiro atoms. The summed E-state index contributed by atoms with van der Waals surface area (Å²) in [6, 6.07) is 7.79. The summed E-state index contributed by atoms with van der Waals surface area (Å²) in [6.45, 7) is 3.68. The number of likely N-dealkylation sites (tertiary alicyclic amines) is 1. The average Bonchev–Trinajstić information content (AvgIpc) is 3.25. The van der Waals surface area contributed by atoms with E-state index in [4.69, 9.17) is 4.74 Å². The molecule has 36 heavy (non-hydrogen) atoms. The fourth-order valence-electron chi connectivity index (χ4n) is 4.54. The number of anilines is 1. The Balaban J connectivity index is 1.19. The topological polar surface area (TPSA) is 95.2 Å². The smallest absolute Gasteiger partial charge is 0.416 e. The molecule has 8 nitrogen and oxygen atoms in total. The number of aromatic nitrogens is 3. The Bertz CT molecular complexity index is 1160. The number of aromatic amines is 1. The van der Waals surface area contributed by atoms with Gasteiger partial charge in [-0.25, -0.2) is 4.98 Å². The average molecular weight is 505 g/mol. The number of fused-ring (bicyclic) bond motifs is 1. The number of aryl methyl sites for hydroxylation is 1. The zero-order valence-electron chi connectivity index (χ0n) is 20.4. The van der Waals surface area contributed by atoms with E-state index in [2.05, 4.69) is 37.6 Å². The molecular formula is C25H31F3N6O2. The minimum absolute atomic E-state index is 0.0619.